The van der Waals surface area contributed by atoms with E-state index in [2.05, 4.69) is 20.4 Å². The summed E-state index contributed by atoms with van der Waals surface area (Å²) in [7, 11) is 4.09. The number of unbranched alkanes of at least 4 members (excludes halogenated alkanes) is 1. The average Bonchev–Trinajstić information content (AvgIpc) is 2.29. The topological polar surface area (TPSA) is 78.4 Å². The van der Waals surface area contributed by atoms with Crippen molar-refractivity contribution in [2.24, 2.45) is 0 Å². The Hall–Kier alpha value is -1.69. The van der Waals surface area contributed by atoms with E-state index in [0.717, 1.165) is 25.9 Å². The number of carboxylic acid groups (broad SMARTS) is 1. The molecule has 1 heterocycles. The molecule has 0 bridgehead atoms. The lowest BCUT2D eigenvalue weighted by molar-refractivity contribution is 0.0689. The molecule has 6 nitrogen and oxygen atoms in total. The highest BCUT2D eigenvalue weighted by Crippen LogP contribution is 2.02. The molecule has 0 amide bonds. The van der Waals surface area contributed by atoms with Crippen molar-refractivity contribution < 1.29 is 9.90 Å². The lowest BCUT2D eigenvalue weighted by Gasteiger charge is -2.09. The first-order valence-electron chi connectivity index (χ1n) is 5.55. The third-order valence-electron chi connectivity index (χ3n) is 2.22. The van der Waals surface area contributed by atoms with Crippen molar-refractivity contribution in [2.45, 2.75) is 12.8 Å². The summed E-state index contributed by atoms with van der Waals surface area (Å²) in [4.78, 5) is 12.7. The highest BCUT2D eigenvalue weighted by molar-refractivity contribution is 5.85. The van der Waals surface area contributed by atoms with E-state index in [-0.39, 0.29) is 5.69 Å². The van der Waals surface area contributed by atoms with Gasteiger partial charge in [0.2, 0.25) is 0 Å². The largest absolute Gasteiger partial charge is 0.476 e. The van der Waals surface area contributed by atoms with Gasteiger partial charge in [-0.05, 0) is 45.6 Å². The molecule has 0 unspecified atom stereocenters. The van der Waals surface area contributed by atoms with Gasteiger partial charge in [-0.1, -0.05) is 0 Å². The Bertz CT molecular complexity index is 351. The van der Waals surface area contributed by atoms with Crippen LogP contribution in [0.15, 0.2) is 12.1 Å². The lowest BCUT2D eigenvalue weighted by atomic mass is 10.3. The van der Waals surface area contributed by atoms with E-state index in [9.17, 15) is 4.79 Å². The molecule has 0 spiro atoms. The molecule has 1 aromatic heterocycles. The minimum atomic E-state index is -1.06. The Kier molecular flexibility index (Phi) is 5.35. The molecule has 1 rings (SSSR count). The number of nitrogens with one attached hydrogen (secondary N) is 1. The first-order chi connectivity index (χ1) is 8.09. The van der Waals surface area contributed by atoms with Crippen LogP contribution in [0, 0.1) is 0 Å². The van der Waals surface area contributed by atoms with Crippen LogP contribution in [0.3, 0.4) is 0 Å². The van der Waals surface area contributed by atoms with Gasteiger partial charge >= 0.3 is 5.97 Å². The lowest BCUT2D eigenvalue weighted by Crippen LogP contribution is -2.14. The molecule has 0 aromatic carbocycles. The molecule has 0 aliphatic carbocycles. The van der Waals surface area contributed by atoms with E-state index in [1.54, 1.807) is 6.07 Å². The van der Waals surface area contributed by atoms with Gasteiger partial charge < -0.3 is 15.3 Å². The number of hydrogen-bond donors (Lipinski definition) is 2. The monoisotopic (exact) mass is 238 g/mol. The zero-order chi connectivity index (χ0) is 12.7. The summed E-state index contributed by atoms with van der Waals surface area (Å²) in [6.45, 7) is 1.88. The maximum absolute atomic E-state index is 10.5. The number of rotatable bonds is 7. The van der Waals surface area contributed by atoms with Crippen LogP contribution in [0.25, 0.3) is 0 Å². The molecule has 2 N–H and O–H groups in total. The first kappa shape index (κ1) is 13.4. The molecule has 0 fully saturated rings. The second kappa shape index (κ2) is 6.80. The minimum Gasteiger partial charge on any atom is -0.476 e. The molecule has 0 saturated carbocycles. The number of nitrogens with zero attached hydrogens (tertiary/aromatic N) is 3. The fourth-order valence-corrected chi connectivity index (χ4v) is 1.31. The smallest absolute Gasteiger partial charge is 0.356 e. The van der Waals surface area contributed by atoms with Gasteiger partial charge in [0.05, 0.1) is 0 Å². The maximum Gasteiger partial charge on any atom is 0.356 e. The Morgan fingerprint density at radius 2 is 2.12 bits per heavy atom. The van der Waals surface area contributed by atoms with Crippen molar-refractivity contribution in [1.82, 2.24) is 15.1 Å². The SMILES string of the molecule is CN(C)CCCCNc1ccc(C(=O)O)nn1. The highest BCUT2D eigenvalue weighted by atomic mass is 16.4. The summed E-state index contributed by atoms with van der Waals surface area (Å²) in [5, 5.41) is 19.1. The van der Waals surface area contributed by atoms with Crippen LogP contribution in [-0.2, 0) is 0 Å². The van der Waals surface area contributed by atoms with Gasteiger partial charge in [0.25, 0.3) is 0 Å². The van der Waals surface area contributed by atoms with Crippen LogP contribution in [0.4, 0.5) is 5.82 Å². The Morgan fingerprint density at radius 3 is 2.65 bits per heavy atom. The summed E-state index contributed by atoms with van der Waals surface area (Å²) in [6.07, 6.45) is 2.15. The summed E-state index contributed by atoms with van der Waals surface area (Å²) in [6, 6.07) is 3.07. The summed E-state index contributed by atoms with van der Waals surface area (Å²) >= 11 is 0. The Labute approximate surface area is 101 Å². The van der Waals surface area contributed by atoms with Crippen molar-refractivity contribution in [2.75, 3.05) is 32.5 Å². The number of anilines is 1. The first-order valence-corrected chi connectivity index (χ1v) is 5.55. The quantitative estimate of drug-likeness (QED) is 0.688. The molecule has 17 heavy (non-hydrogen) atoms. The van der Waals surface area contributed by atoms with E-state index >= 15 is 0 Å². The van der Waals surface area contributed by atoms with E-state index in [0.29, 0.717) is 5.82 Å². The standard InChI is InChI=1S/C11H18N4O2/c1-15(2)8-4-3-7-12-10-6-5-9(11(16)17)13-14-10/h5-6H,3-4,7-8H2,1-2H3,(H,12,14)(H,16,17). The van der Waals surface area contributed by atoms with E-state index < -0.39 is 5.97 Å². The fourth-order valence-electron chi connectivity index (χ4n) is 1.31. The number of hydrogen-bond acceptors (Lipinski definition) is 5. The third-order valence-corrected chi connectivity index (χ3v) is 2.22. The molecule has 0 saturated heterocycles. The zero-order valence-electron chi connectivity index (χ0n) is 10.2. The van der Waals surface area contributed by atoms with Gasteiger partial charge in [-0.3, -0.25) is 0 Å². The molecule has 6 heteroatoms. The maximum atomic E-state index is 10.5. The predicted octanol–water partition coefficient (Wildman–Crippen LogP) is 0.928. The van der Waals surface area contributed by atoms with Crippen LogP contribution in [0.2, 0.25) is 0 Å². The highest BCUT2D eigenvalue weighted by Gasteiger charge is 2.04. The van der Waals surface area contributed by atoms with E-state index in [4.69, 9.17) is 5.11 Å². The van der Waals surface area contributed by atoms with Crippen LogP contribution in [0.5, 0.6) is 0 Å². The van der Waals surface area contributed by atoms with Gasteiger partial charge in [0.1, 0.15) is 5.82 Å². The van der Waals surface area contributed by atoms with Gasteiger partial charge in [0.15, 0.2) is 5.69 Å². The van der Waals surface area contributed by atoms with Gasteiger partial charge in [-0.15, -0.1) is 10.2 Å². The summed E-state index contributed by atoms with van der Waals surface area (Å²) in [5.74, 6) is -0.449. The zero-order valence-corrected chi connectivity index (χ0v) is 10.2. The number of carbonyl (C=O) groups is 1. The number of aromatic carboxylic acids is 1. The van der Waals surface area contributed by atoms with E-state index in [1.807, 2.05) is 14.1 Å². The van der Waals surface area contributed by atoms with Crippen LogP contribution < -0.4 is 5.32 Å². The average molecular weight is 238 g/mol. The van der Waals surface area contributed by atoms with Crippen LogP contribution in [0.1, 0.15) is 23.3 Å². The van der Waals surface area contributed by atoms with Gasteiger partial charge in [-0.2, -0.15) is 0 Å². The van der Waals surface area contributed by atoms with Crippen molar-refractivity contribution in [1.29, 1.82) is 0 Å². The van der Waals surface area contributed by atoms with Crippen LogP contribution >= 0.6 is 0 Å². The fraction of sp³-hybridized carbons (Fsp3) is 0.545. The second-order valence-corrected chi connectivity index (χ2v) is 4.05. The van der Waals surface area contributed by atoms with Crippen molar-refractivity contribution in [3.8, 4) is 0 Å². The predicted molar refractivity (Wildman–Crippen MR) is 65.3 cm³/mol. The molecule has 0 aliphatic heterocycles. The minimum absolute atomic E-state index is 0.0387. The summed E-state index contributed by atoms with van der Waals surface area (Å²) in [5.41, 5.74) is -0.0387. The Balaban J connectivity index is 2.25. The molecule has 1 aromatic rings. The van der Waals surface area contributed by atoms with Crippen LogP contribution in [-0.4, -0.2) is 53.4 Å². The molecule has 0 radical (unpaired) electrons. The van der Waals surface area contributed by atoms with Crippen molar-refractivity contribution >= 4 is 11.8 Å². The summed E-state index contributed by atoms with van der Waals surface area (Å²) < 4.78 is 0. The number of aromatic nitrogens is 2. The molecular weight excluding hydrogens is 220 g/mol. The number of carboxylic acids is 1. The molecule has 0 aliphatic rings. The van der Waals surface area contributed by atoms with Gasteiger partial charge in [-0.25, -0.2) is 4.79 Å². The normalized spacial score (nSPS) is 10.5. The van der Waals surface area contributed by atoms with Gasteiger partial charge in [0, 0.05) is 6.54 Å². The molecular formula is C11H18N4O2. The Morgan fingerprint density at radius 1 is 1.35 bits per heavy atom. The van der Waals surface area contributed by atoms with Crippen molar-refractivity contribution in [3.05, 3.63) is 17.8 Å². The molecule has 0 atom stereocenters. The van der Waals surface area contributed by atoms with Crippen molar-refractivity contribution in [3.63, 3.8) is 0 Å². The third kappa shape index (κ3) is 5.26. The van der Waals surface area contributed by atoms with E-state index in [1.165, 1.54) is 6.07 Å². The molecule has 94 valence electrons. The second-order valence-electron chi connectivity index (χ2n) is 4.05.